The van der Waals surface area contributed by atoms with Crippen molar-refractivity contribution in [3.8, 4) is 11.3 Å². The van der Waals surface area contributed by atoms with Crippen LogP contribution in [0.25, 0.3) is 22.2 Å². The zero-order valence-electron chi connectivity index (χ0n) is 11.0. The standard InChI is InChI=1S/C13H10N2OS.C2H6/c16-7-11-5-9-1-3-14-6-12(9)15-13(11)10-2-4-17-8-10;1-2/h1-6,8,16H,7H2;1-2H3. The molecule has 0 saturated heterocycles. The molecule has 0 radical (unpaired) electrons. The molecule has 0 atom stereocenters. The molecule has 0 spiro atoms. The molecule has 19 heavy (non-hydrogen) atoms. The van der Waals surface area contributed by atoms with Crippen LogP contribution in [-0.2, 0) is 6.61 Å². The third kappa shape index (κ3) is 2.80. The first-order valence-electron chi connectivity index (χ1n) is 6.25. The van der Waals surface area contributed by atoms with Gasteiger partial charge in [-0.25, -0.2) is 4.98 Å². The predicted molar refractivity (Wildman–Crippen MR) is 80.1 cm³/mol. The lowest BCUT2D eigenvalue weighted by atomic mass is 10.1. The number of aliphatic hydroxyl groups is 1. The molecule has 3 aromatic rings. The van der Waals surface area contributed by atoms with Crippen molar-refractivity contribution in [2.24, 2.45) is 0 Å². The van der Waals surface area contributed by atoms with Crippen LogP contribution in [0.2, 0.25) is 0 Å². The maximum absolute atomic E-state index is 9.42. The van der Waals surface area contributed by atoms with E-state index < -0.39 is 0 Å². The summed E-state index contributed by atoms with van der Waals surface area (Å²) in [4.78, 5) is 8.64. The summed E-state index contributed by atoms with van der Waals surface area (Å²) in [5.74, 6) is 0. The Hall–Kier alpha value is -1.78. The van der Waals surface area contributed by atoms with Gasteiger partial charge in [-0.2, -0.15) is 11.3 Å². The minimum Gasteiger partial charge on any atom is -0.392 e. The lowest BCUT2D eigenvalue weighted by molar-refractivity contribution is 0.282. The van der Waals surface area contributed by atoms with Crippen LogP contribution in [0, 0.1) is 0 Å². The summed E-state index contributed by atoms with van der Waals surface area (Å²) < 4.78 is 0. The lowest BCUT2D eigenvalue weighted by Gasteiger charge is -2.06. The summed E-state index contributed by atoms with van der Waals surface area (Å²) in [6.07, 6.45) is 3.47. The van der Waals surface area contributed by atoms with Gasteiger partial charge in [-0.15, -0.1) is 0 Å². The number of hydrogen-bond donors (Lipinski definition) is 1. The van der Waals surface area contributed by atoms with Gasteiger partial charge in [0, 0.05) is 28.1 Å². The monoisotopic (exact) mass is 272 g/mol. The van der Waals surface area contributed by atoms with Crippen molar-refractivity contribution in [2.75, 3.05) is 0 Å². The molecule has 4 heteroatoms. The molecule has 3 nitrogen and oxygen atoms in total. The van der Waals surface area contributed by atoms with E-state index in [-0.39, 0.29) is 6.61 Å². The highest BCUT2D eigenvalue weighted by Crippen LogP contribution is 2.26. The van der Waals surface area contributed by atoms with E-state index in [1.54, 1.807) is 23.7 Å². The Labute approximate surface area is 116 Å². The van der Waals surface area contributed by atoms with E-state index in [1.807, 2.05) is 42.8 Å². The lowest BCUT2D eigenvalue weighted by Crippen LogP contribution is -1.94. The fourth-order valence-electron chi connectivity index (χ4n) is 1.83. The van der Waals surface area contributed by atoms with Gasteiger partial charge in [-0.1, -0.05) is 13.8 Å². The van der Waals surface area contributed by atoms with E-state index in [4.69, 9.17) is 0 Å². The first-order chi connectivity index (χ1) is 9.38. The van der Waals surface area contributed by atoms with Crippen molar-refractivity contribution in [2.45, 2.75) is 20.5 Å². The van der Waals surface area contributed by atoms with Crippen LogP contribution in [0.5, 0.6) is 0 Å². The van der Waals surface area contributed by atoms with E-state index in [2.05, 4.69) is 9.97 Å². The Morgan fingerprint density at radius 2 is 2.11 bits per heavy atom. The average molecular weight is 272 g/mol. The van der Waals surface area contributed by atoms with Crippen LogP contribution in [0.3, 0.4) is 0 Å². The molecule has 3 aromatic heterocycles. The second-order valence-electron chi connectivity index (χ2n) is 3.73. The van der Waals surface area contributed by atoms with Crippen LogP contribution >= 0.6 is 11.3 Å². The number of aliphatic hydroxyl groups excluding tert-OH is 1. The molecule has 98 valence electrons. The van der Waals surface area contributed by atoms with Crippen molar-refractivity contribution < 1.29 is 5.11 Å². The first-order valence-corrected chi connectivity index (χ1v) is 7.20. The number of aromatic nitrogens is 2. The fraction of sp³-hybridized carbons (Fsp3) is 0.200. The van der Waals surface area contributed by atoms with Crippen molar-refractivity contribution in [3.05, 3.63) is 46.9 Å². The smallest absolute Gasteiger partial charge is 0.0892 e. The quantitative estimate of drug-likeness (QED) is 0.770. The summed E-state index contributed by atoms with van der Waals surface area (Å²) >= 11 is 1.62. The maximum atomic E-state index is 9.42. The molecule has 1 N–H and O–H groups in total. The van der Waals surface area contributed by atoms with Crippen molar-refractivity contribution in [3.63, 3.8) is 0 Å². The Balaban J connectivity index is 0.000000637. The Morgan fingerprint density at radius 3 is 2.79 bits per heavy atom. The van der Waals surface area contributed by atoms with Crippen LogP contribution in [-0.4, -0.2) is 15.1 Å². The second kappa shape index (κ2) is 6.41. The largest absolute Gasteiger partial charge is 0.392 e. The van der Waals surface area contributed by atoms with Crippen LogP contribution in [0.15, 0.2) is 41.4 Å². The topological polar surface area (TPSA) is 46.0 Å². The van der Waals surface area contributed by atoms with Crippen molar-refractivity contribution in [1.82, 2.24) is 9.97 Å². The molecular weight excluding hydrogens is 256 g/mol. The number of nitrogens with zero attached hydrogens (tertiary/aromatic N) is 2. The third-order valence-corrected chi connectivity index (χ3v) is 3.35. The van der Waals surface area contributed by atoms with Gasteiger partial charge in [-0.05, 0) is 23.6 Å². The number of thiophene rings is 1. The maximum Gasteiger partial charge on any atom is 0.0892 e. The van der Waals surface area contributed by atoms with Crippen molar-refractivity contribution in [1.29, 1.82) is 0 Å². The molecule has 0 aliphatic rings. The second-order valence-corrected chi connectivity index (χ2v) is 4.51. The Morgan fingerprint density at radius 1 is 1.26 bits per heavy atom. The molecule has 0 aliphatic carbocycles. The molecular formula is C15H16N2OS. The summed E-state index contributed by atoms with van der Waals surface area (Å²) in [5.41, 5.74) is 3.59. The molecule has 0 fully saturated rings. The van der Waals surface area contributed by atoms with Gasteiger partial charge < -0.3 is 5.11 Å². The molecule has 0 aliphatic heterocycles. The summed E-state index contributed by atoms with van der Waals surface area (Å²) in [6.45, 7) is 4.00. The Bertz CT molecular complexity index is 650. The molecule has 0 saturated carbocycles. The van der Waals surface area contributed by atoms with Gasteiger partial charge in [-0.3, -0.25) is 4.98 Å². The minimum absolute atomic E-state index is 0.00353. The highest BCUT2D eigenvalue weighted by molar-refractivity contribution is 7.08. The normalized spacial score (nSPS) is 10.1. The van der Waals surface area contributed by atoms with Crippen LogP contribution < -0.4 is 0 Å². The summed E-state index contributed by atoms with van der Waals surface area (Å²) in [7, 11) is 0. The molecule has 0 amide bonds. The van der Waals surface area contributed by atoms with Crippen LogP contribution in [0.1, 0.15) is 19.4 Å². The van der Waals surface area contributed by atoms with Gasteiger partial charge in [0.2, 0.25) is 0 Å². The predicted octanol–water partition coefficient (Wildman–Crippen LogP) is 3.88. The van der Waals surface area contributed by atoms with E-state index in [0.29, 0.717) is 0 Å². The average Bonchev–Trinajstić information content (AvgIpc) is 3.02. The molecule has 3 heterocycles. The molecule has 0 unspecified atom stereocenters. The van der Waals surface area contributed by atoms with Gasteiger partial charge in [0.1, 0.15) is 0 Å². The highest BCUT2D eigenvalue weighted by atomic mass is 32.1. The third-order valence-electron chi connectivity index (χ3n) is 2.66. The van der Waals surface area contributed by atoms with E-state index >= 15 is 0 Å². The zero-order valence-corrected chi connectivity index (χ0v) is 11.8. The minimum atomic E-state index is -0.00353. The van der Waals surface area contributed by atoms with Gasteiger partial charge in [0.05, 0.1) is 24.0 Å². The number of pyridine rings is 2. The number of hydrogen-bond acceptors (Lipinski definition) is 4. The van der Waals surface area contributed by atoms with Crippen molar-refractivity contribution >= 4 is 22.2 Å². The van der Waals surface area contributed by atoms with Crippen LogP contribution in [0.4, 0.5) is 0 Å². The summed E-state index contributed by atoms with van der Waals surface area (Å²) in [5, 5.41) is 14.5. The van der Waals surface area contributed by atoms with E-state index in [9.17, 15) is 5.11 Å². The van der Waals surface area contributed by atoms with Gasteiger partial charge in [0.15, 0.2) is 0 Å². The zero-order chi connectivity index (χ0) is 13.7. The van der Waals surface area contributed by atoms with E-state index in [0.717, 1.165) is 27.7 Å². The SMILES string of the molecule is CC.OCc1cc2ccncc2nc1-c1ccsc1. The molecule has 0 aromatic carbocycles. The number of fused-ring (bicyclic) bond motifs is 1. The van der Waals surface area contributed by atoms with Gasteiger partial charge >= 0.3 is 0 Å². The fourth-order valence-corrected chi connectivity index (χ4v) is 2.47. The molecule has 3 rings (SSSR count). The first kappa shape index (κ1) is 13.6. The number of rotatable bonds is 2. The Kier molecular flexibility index (Phi) is 4.60. The highest BCUT2D eigenvalue weighted by Gasteiger charge is 2.08. The summed E-state index contributed by atoms with van der Waals surface area (Å²) in [6, 6.07) is 5.88. The molecule has 0 bridgehead atoms. The van der Waals surface area contributed by atoms with E-state index in [1.165, 1.54) is 0 Å². The van der Waals surface area contributed by atoms with Gasteiger partial charge in [0.25, 0.3) is 0 Å².